The third kappa shape index (κ3) is 5.94. The Bertz CT molecular complexity index is 1170. The van der Waals surface area contributed by atoms with Crippen molar-refractivity contribution in [3.63, 3.8) is 0 Å². The third-order valence-electron chi connectivity index (χ3n) is 4.91. The molecule has 0 aliphatic carbocycles. The molecule has 1 amide bonds. The number of anilines is 1. The summed E-state index contributed by atoms with van der Waals surface area (Å²) in [4.78, 5) is 12.9. The summed E-state index contributed by atoms with van der Waals surface area (Å²) < 4.78 is 27.8. The highest BCUT2D eigenvalue weighted by atomic mass is 35.5. The Balaban J connectivity index is 1.87. The first-order valence-corrected chi connectivity index (χ1v) is 11.7. The summed E-state index contributed by atoms with van der Waals surface area (Å²) in [5.41, 5.74) is 4.24. The van der Waals surface area contributed by atoms with Crippen LogP contribution < -0.4 is 5.32 Å². The SMILES string of the molecule is Cc1ccc(CN(CC(=O)Nc2ccc(C)c(Cl)c2)S(=O)(=O)c2ccc(C)cc2)cc1. The normalized spacial score (nSPS) is 11.5. The Morgan fingerprint density at radius 3 is 2.06 bits per heavy atom. The van der Waals surface area contributed by atoms with Gasteiger partial charge in [0.2, 0.25) is 15.9 Å². The van der Waals surface area contributed by atoms with Crippen molar-refractivity contribution in [1.29, 1.82) is 0 Å². The van der Waals surface area contributed by atoms with Crippen molar-refractivity contribution in [3.8, 4) is 0 Å². The number of halogens is 1. The summed E-state index contributed by atoms with van der Waals surface area (Å²) in [6, 6.07) is 19.3. The molecule has 3 aromatic rings. The number of hydrogen-bond acceptors (Lipinski definition) is 3. The first-order chi connectivity index (χ1) is 14.6. The molecule has 3 aromatic carbocycles. The molecule has 1 N–H and O–H groups in total. The lowest BCUT2D eigenvalue weighted by atomic mass is 10.1. The van der Waals surface area contributed by atoms with Gasteiger partial charge in [-0.2, -0.15) is 4.31 Å². The number of nitrogens with zero attached hydrogens (tertiary/aromatic N) is 1. The lowest BCUT2D eigenvalue weighted by Gasteiger charge is -2.22. The Kier molecular flexibility index (Phi) is 7.15. The number of sulfonamides is 1. The van der Waals surface area contributed by atoms with Gasteiger partial charge in [-0.1, -0.05) is 65.2 Å². The van der Waals surface area contributed by atoms with E-state index in [-0.39, 0.29) is 18.0 Å². The maximum absolute atomic E-state index is 13.3. The van der Waals surface area contributed by atoms with Gasteiger partial charge in [0.25, 0.3) is 0 Å². The molecule has 0 radical (unpaired) electrons. The van der Waals surface area contributed by atoms with Crippen molar-refractivity contribution in [2.75, 3.05) is 11.9 Å². The fourth-order valence-electron chi connectivity index (χ4n) is 3.01. The maximum Gasteiger partial charge on any atom is 0.243 e. The van der Waals surface area contributed by atoms with Gasteiger partial charge in [-0.05, 0) is 56.2 Å². The van der Waals surface area contributed by atoms with Gasteiger partial charge in [0.05, 0.1) is 11.4 Å². The Labute approximate surface area is 188 Å². The first kappa shape index (κ1) is 23.0. The third-order valence-corrected chi connectivity index (χ3v) is 7.13. The molecule has 5 nitrogen and oxygen atoms in total. The summed E-state index contributed by atoms with van der Waals surface area (Å²) in [5, 5.41) is 3.27. The van der Waals surface area contributed by atoms with Gasteiger partial charge in [-0.15, -0.1) is 0 Å². The van der Waals surface area contributed by atoms with Crippen molar-refractivity contribution in [2.45, 2.75) is 32.2 Å². The van der Waals surface area contributed by atoms with Crippen LogP contribution in [0.2, 0.25) is 5.02 Å². The molecule has 162 valence electrons. The maximum atomic E-state index is 13.3. The summed E-state index contributed by atoms with van der Waals surface area (Å²) in [7, 11) is -3.88. The number of nitrogens with one attached hydrogen (secondary N) is 1. The second kappa shape index (κ2) is 9.64. The summed E-state index contributed by atoms with van der Waals surface area (Å²) in [5.74, 6) is -0.442. The topological polar surface area (TPSA) is 66.5 Å². The van der Waals surface area contributed by atoms with E-state index >= 15 is 0 Å². The number of hydrogen-bond donors (Lipinski definition) is 1. The number of benzene rings is 3. The number of amides is 1. The van der Waals surface area contributed by atoms with Crippen LogP contribution in [-0.4, -0.2) is 25.2 Å². The second-order valence-corrected chi connectivity index (χ2v) is 9.93. The molecule has 0 spiro atoms. The highest BCUT2D eigenvalue weighted by Crippen LogP contribution is 2.22. The molecular weight excluding hydrogens is 432 g/mol. The summed E-state index contributed by atoms with van der Waals surface area (Å²) in [6.45, 7) is 5.48. The van der Waals surface area contributed by atoms with E-state index in [0.29, 0.717) is 10.7 Å². The lowest BCUT2D eigenvalue weighted by Crippen LogP contribution is -2.37. The van der Waals surface area contributed by atoms with E-state index in [1.54, 1.807) is 42.5 Å². The van der Waals surface area contributed by atoms with Crippen LogP contribution in [0.5, 0.6) is 0 Å². The molecule has 3 rings (SSSR count). The molecule has 0 aliphatic heterocycles. The molecule has 0 saturated heterocycles. The average Bonchev–Trinajstić information content (AvgIpc) is 2.72. The monoisotopic (exact) mass is 456 g/mol. The quantitative estimate of drug-likeness (QED) is 0.538. The molecule has 0 fully saturated rings. The van der Waals surface area contributed by atoms with Gasteiger partial charge in [-0.3, -0.25) is 4.79 Å². The minimum absolute atomic E-state index is 0.0819. The van der Waals surface area contributed by atoms with E-state index in [0.717, 1.165) is 22.3 Å². The van der Waals surface area contributed by atoms with Crippen molar-refractivity contribution in [2.24, 2.45) is 0 Å². The molecule has 0 aliphatic rings. The number of aryl methyl sites for hydroxylation is 3. The van der Waals surface area contributed by atoms with E-state index in [4.69, 9.17) is 11.6 Å². The van der Waals surface area contributed by atoms with E-state index in [1.165, 1.54) is 4.31 Å². The van der Waals surface area contributed by atoms with Gasteiger partial charge in [0.15, 0.2) is 0 Å². The van der Waals surface area contributed by atoms with Crippen LogP contribution in [0, 0.1) is 20.8 Å². The molecule has 0 heterocycles. The van der Waals surface area contributed by atoms with Crippen molar-refractivity contribution in [1.82, 2.24) is 4.31 Å². The number of rotatable bonds is 7. The van der Waals surface area contributed by atoms with Gasteiger partial charge < -0.3 is 5.32 Å². The molecule has 0 aromatic heterocycles. The van der Waals surface area contributed by atoms with Crippen molar-refractivity contribution in [3.05, 3.63) is 94.0 Å². The molecule has 7 heteroatoms. The number of carbonyl (C=O) groups excluding carboxylic acids is 1. The Morgan fingerprint density at radius 2 is 1.48 bits per heavy atom. The van der Waals surface area contributed by atoms with E-state index in [1.807, 2.05) is 45.0 Å². The van der Waals surface area contributed by atoms with E-state index in [2.05, 4.69) is 5.32 Å². The first-order valence-electron chi connectivity index (χ1n) is 9.83. The predicted molar refractivity (Wildman–Crippen MR) is 125 cm³/mol. The zero-order chi connectivity index (χ0) is 22.6. The minimum Gasteiger partial charge on any atom is -0.325 e. The fourth-order valence-corrected chi connectivity index (χ4v) is 4.58. The molecule has 0 unspecified atom stereocenters. The predicted octanol–water partition coefficient (Wildman–Crippen LogP) is 5.09. The van der Waals surface area contributed by atoms with Crippen LogP contribution in [0.4, 0.5) is 5.69 Å². The minimum atomic E-state index is -3.88. The van der Waals surface area contributed by atoms with Crippen LogP contribution in [0.15, 0.2) is 71.6 Å². The Morgan fingerprint density at radius 1 is 0.903 bits per heavy atom. The van der Waals surface area contributed by atoms with Gasteiger partial charge in [0, 0.05) is 17.3 Å². The highest BCUT2D eigenvalue weighted by molar-refractivity contribution is 7.89. The Hall–Kier alpha value is -2.67. The van der Waals surface area contributed by atoms with Crippen molar-refractivity contribution < 1.29 is 13.2 Å². The largest absolute Gasteiger partial charge is 0.325 e. The summed E-state index contributed by atoms with van der Waals surface area (Å²) in [6.07, 6.45) is 0. The zero-order valence-corrected chi connectivity index (χ0v) is 19.3. The summed E-state index contributed by atoms with van der Waals surface area (Å²) >= 11 is 6.13. The van der Waals surface area contributed by atoms with Crippen LogP contribution in [-0.2, 0) is 21.4 Å². The van der Waals surface area contributed by atoms with E-state index < -0.39 is 15.9 Å². The fraction of sp³-hybridized carbons (Fsp3) is 0.208. The van der Waals surface area contributed by atoms with Gasteiger partial charge in [-0.25, -0.2) is 8.42 Å². The van der Waals surface area contributed by atoms with Crippen LogP contribution in [0.25, 0.3) is 0 Å². The zero-order valence-electron chi connectivity index (χ0n) is 17.7. The van der Waals surface area contributed by atoms with Gasteiger partial charge in [0.1, 0.15) is 0 Å². The molecular formula is C24H25ClN2O3S. The molecule has 0 saturated carbocycles. The van der Waals surface area contributed by atoms with Crippen LogP contribution in [0.3, 0.4) is 0 Å². The smallest absolute Gasteiger partial charge is 0.243 e. The van der Waals surface area contributed by atoms with Crippen LogP contribution in [0.1, 0.15) is 22.3 Å². The molecule has 31 heavy (non-hydrogen) atoms. The highest BCUT2D eigenvalue weighted by Gasteiger charge is 2.27. The van der Waals surface area contributed by atoms with Gasteiger partial charge >= 0.3 is 0 Å². The lowest BCUT2D eigenvalue weighted by molar-refractivity contribution is -0.116. The van der Waals surface area contributed by atoms with Crippen molar-refractivity contribution >= 4 is 33.2 Å². The average molecular weight is 457 g/mol. The standard InChI is InChI=1S/C24H25ClN2O3S/c1-17-4-9-20(10-5-17)15-27(31(29,30)22-12-6-18(2)7-13-22)16-24(28)26-21-11-8-19(3)23(25)14-21/h4-14H,15-16H2,1-3H3,(H,26,28). The van der Waals surface area contributed by atoms with Crippen LogP contribution >= 0.6 is 11.6 Å². The molecule has 0 bridgehead atoms. The van der Waals surface area contributed by atoms with E-state index in [9.17, 15) is 13.2 Å². The molecule has 0 atom stereocenters. The second-order valence-electron chi connectivity index (χ2n) is 7.58. The number of carbonyl (C=O) groups is 1.